The van der Waals surface area contributed by atoms with Crippen molar-refractivity contribution in [2.75, 3.05) is 39.8 Å². The van der Waals surface area contributed by atoms with Gasteiger partial charge in [0, 0.05) is 66.5 Å². The predicted octanol–water partition coefficient (Wildman–Crippen LogP) is 3.29. The molecule has 0 radical (unpaired) electrons. The zero-order chi connectivity index (χ0) is 38.8. The van der Waals surface area contributed by atoms with E-state index in [1.165, 1.54) is 77.0 Å². The summed E-state index contributed by atoms with van der Waals surface area (Å²) in [5.41, 5.74) is 0.854. The molecule has 288 valence electrons. The first-order chi connectivity index (χ1) is 25.7. The minimum absolute atomic E-state index is 0.0407. The van der Waals surface area contributed by atoms with Gasteiger partial charge in [0.25, 0.3) is 11.4 Å². The number of aliphatic hydroxyl groups excluding tert-OH is 1. The Morgan fingerprint density at radius 3 is 2.09 bits per heavy atom. The average Bonchev–Trinajstić information content (AvgIpc) is 3.58. The molecule has 4 aliphatic rings. The monoisotopic (exact) mass is 766 g/mol. The lowest BCUT2D eigenvalue weighted by atomic mass is 9.79. The van der Waals surface area contributed by atoms with E-state index < -0.39 is 57.2 Å². The van der Waals surface area contributed by atoms with E-state index in [9.17, 15) is 44.5 Å². The number of rotatable bonds is 11. The van der Waals surface area contributed by atoms with Crippen molar-refractivity contribution in [1.82, 2.24) is 19.6 Å². The van der Waals surface area contributed by atoms with Gasteiger partial charge in [-0.1, -0.05) is 6.92 Å². The van der Waals surface area contributed by atoms with Crippen molar-refractivity contribution < 1.29 is 43.6 Å². The number of nitro groups is 2. The van der Waals surface area contributed by atoms with Gasteiger partial charge >= 0.3 is 12.1 Å². The van der Waals surface area contributed by atoms with Crippen LogP contribution < -0.4 is 0 Å². The molecule has 2 aromatic carbocycles. The Kier molecular flexibility index (Phi) is 11.5. The molecule has 0 aromatic heterocycles. The lowest BCUT2D eigenvalue weighted by molar-refractivity contribution is -0.385. The van der Waals surface area contributed by atoms with Crippen LogP contribution in [0.5, 0.6) is 0 Å². The number of nitrogens with zero attached hydrogens (tertiary/aromatic N) is 6. The average molecular weight is 767 g/mol. The molecule has 4 aliphatic heterocycles. The first kappa shape index (κ1) is 38.6. The number of hydrogen-bond donors (Lipinski definition) is 1. The molecule has 54 heavy (non-hydrogen) atoms. The van der Waals surface area contributed by atoms with Crippen LogP contribution in [-0.4, -0.2) is 122 Å². The smallest absolute Gasteiger partial charge is 0.410 e. The number of nitro benzene ring substituents is 2. The zero-order valence-electron chi connectivity index (χ0n) is 30.1. The summed E-state index contributed by atoms with van der Waals surface area (Å²) in [7, 11) is 1.99. The van der Waals surface area contributed by atoms with Gasteiger partial charge in [-0.3, -0.25) is 34.7 Å². The van der Waals surface area contributed by atoms with Crippen LogP contribution in [0.2, 0.25) is 0 Å². The van der Waals surface area contributed by atoms with Crippen LogP contribution in [0.25, 0.3) is 0 Å². The normalized spacial score (nSPS) is 24.8. The van der Waals surface area contributed by atoms with Gasteiger partial charge in [-0.05, 0) is 68.8 Å². The highest BCUT2D eigenvalue weighted by Gasteiger charge is 2.60. The number of likely N-dealkylation sites (N-methyl/N-ethyl adjacent to an activating group) is 1. The Bertz CT molecular complexity index is 1840. The molecule has 4 heterocycles. The maximum atomic E-state index is 14.1. The Balaban J connectivity index is 1.24. The van der Waals surface area contributed by atoms with Crippen molar-refractivity contribution in [3.8, 4) is 0 Å². The number of benzene rings is 2. The fourth-order valence-corrected chi connectivity index (χ4v) is 9.04. The Morgan fingerprint density at radius 2 is 1.52 bits per heavy atom. The summed E-state index contributed by atoms with van der Waals surface area (Å²) >= 11 is 1.30. The molecule has 0 spiro atoms. The number of carbonyl (C=O) groups excluding carboxylic acids is 4. The third kappa shape index (κ3) is 7.90. The van der Waals surface area contributed by atoms with Crippen molar-refractivity contribution in [2.45, 2.75) is 63.3 Å². The highest BCUT2D eigenvalue weighted by molar-refractivity contribution is 8.03. The van der Waals surface area contributed by atoms with Gasteiger partial charge in [0.05, 0.1) is 27.9 Å². The lowest BCUT2D eigenvalue weighted by Crippen LogP contribution is -2.63. The van der Waals surface area contributed by atoms with Crippen LogP contribution in [0.3, 0.4) is 0 Å². The molecule has 0 bridgehead atoms. The van der Waals surface area contributed by atoms with Gasteiger partial charge < -0.3 is 29.3 Å². The number of likely N-dealkylation sites (tertiary alicyclic amines) is 1. The fourth-order valence-electron chi connectivity index (χ4n) is 7.52. The number of ether oxygens (including phenoxy) is 2. The van der Waals surface area contributed by atoms with Gasteiger partial charge in [-0.2, -0.15) is 0 Å². The molecule has 0 unspecified atom stereocenters. The van der Waals surface area contributed by atoms with Crippen LogP contribution in [0.4, 0.5) is 16.2 Å². The Morgan fingerprint density at radius 1 is 0.926 bits per heavy atom. The van der Waals surface area contributed by atoms with Crippen molar-refractivity contribution in [1.29, 1.82) is 0 Å². The standard InChI is InChI=1S/C36H42N6O11S/c1-21-30-29(22(2)43)34(45)40(30)31(35(46)52-19-23-5-9-25(10-6-23)41(48)49)32(21)54-27-17-28(33(44)38-14-4-13-37(3)15-16-38)39(18-27)36(47)53-20-24-7-11-26(12-8-24)42(50)51/h5-12,21-22,27-30,43H,4,13-20H2,1-3H3/t21-,22-,27+,28+,29-,30-/m1/s1. The van der Waals surface area contributed by atoms with Crippen LogP contribution in [0, 0.1) is 32.1 Å². The van der Waals surface area contributed by atoms with Gasteiger partial charge in [-0.15, -0.1) is 11.8 Å². The molecule has 17 nitrogen and oxygen atoms in total. The summed E-state index contributed by atoms with van der Waals surface area (Å²) in [6.07, 6.45) is -0.693. The molecule has 3 amide bonds. The van der Waals surface area contributed by atoms with E-state index in [0.29, 0.717) is 35.7 Å². The number of fused-ring (bicyclic) bond motifs is 1. The highest BCUT2D eigenvalue weighted by atomic mass is 32.2. The Labute approximate surface area is 315 Å². The van der Waals surface area contributed by atoms with Crippen LogP contribution >= 0.6 is 11.8 Å². The van der Waals surface area contributed by atoms with E-state index >= 15 is 0 Å². The summed E-state index contributed by atoms with van der Waals surface area (Å²) in [5.74, 6) is -2.53. The summed E-state index contributed by atoms with van der Waals surface area (Å²) in [6, 6.07) is 9.79. The molecule has 2 aromatic rings. The number of amides is 3. The fraction of sp³-hybridized carbons (Fsp3) is 0.500. The maximum absolute atomic E-state index is 14.1. The third-order valence-corrected chi connectivity index (χ3v) is 11.9. The first-order valence-corrected chi connectivity index (χ1v) is 18.6. The second-order valence-electron chi connectivity index (χ2n) is 14.1. The number of esters is 1. The van der Waals surface area contributed by atoms with E-state index in [2.05, 4.69) is 4.90 Å². The largest absolute Gasteiger partial charge is 0.456 e. The lowest BCUT2D eigenvalue weighted by Gasteiger charge is -2.46. The van der Waals surface area contributed by atoms with Gasteiger partial charge in [0.1, 0.15) is 25.0 Å². The summed E-state index contributed by atoms with van der Waals surface area (Å²) in [5, 5.41) is 32.2. The second-order valence-corrected chi connectivity index (χ2v) is 15.4. The summed E-state index contributed by atoms with van der Waals surface area (Å²) < 4.78 is 11.3. The Hall–Kier alpha value is -5.07. The highest BCUT2D eigenvalue weighted by Crippen LogP contribution is 2.52. The molecule has 6 rings (SSSR count). The number of aliphatic hydroxyl groups is 1. The predicted molar refractivity (Wildman–Crippen MR) is 193 cm³/mol. The minimum atomic E-state index is -0.968. The molecule has 0 aliphatic carbocycles. The van der Waals surface area contributed by atoms with E-state index in [4.69, 9.17) is 9.47 Å². The van der Waals surface area contributed by atoms with Crippen molar-refractivity contribution in [3.63, 3.8) is 0 Å². The van der Waals surface area contributed by atoms with Crippen molar-refractivity contribution in [2.24, 2.45) is 11.8 Å². The molecular formula is C36H42N6O11S. The van der Waals surface area contributed by atoms with Crippen LogP contribution in [-0.2, 0) is 37.1 Å². The number of non-ortho nitro benzene ring substituents is 2. The van der Waals surface area contributed by atoms with Crippen molar-refractivity contribution in [3.05, 3.63) is 90.5 Å². The second kappa shape index (κ2) is 16.1. The van der Waals surface area contributed by atoms with E-state index in [1.807, 2.05) is 14.0 Å². The maximum Gasteiger partial charge on any atom is 0.410 e. The van der Waals surface area contributed by atoms with E-state index in [0.717, 1.165) is 13.0 Å². The third-order valence-electron chi connectivity index (χ3n) is 10.4. The topological polar surface area (TPSA) is 206 Å². The van der Waals surface area contributed by atoms with Gasteiger partial charge in [0.2, 0.25) is 11.8 Å². The summed E-state index contributed by atoms with van der Waals surface area (Å²) in [4.78, 5) is 83.2. The van der Waals surface area contributed by atoms with E-state index in [-0.39, 0.29) is 55.1 Å². The van der Waals surface area contributed by atoms with Crippen LogP contribution in [0.15, 0.2) is 59.1 Å². The van der Waals surface area contributed by atoms with E-state index in [1.54, 1.807) is 4.90 Å². The number of thioether (sulfide) groups is 1. The SMILES string of the molecule is C[C@@H](O)[C@H]1C(=O)N2C(C(=O)OCc3ccc([N+](=O)[O-])cc3)=C(S[C@H]3C[C@@H](C(=O)N4CCCN(C)CC4)N(C(=O)OCc4ccc([N+](=O)[O-])cc4)C3)[C@H](C)[C@H]12. The molecule has 3 saturated heterocycles. The van der Waals surface area contributed by atoms with Gasteiger partial charge in [0.15, 0.2) is 0 Å². The summed E-state index contributed by atoms with van der Waals surface area (Å²) in [6.45, 7) is 5.61. The zero-order valence-corrected chi connectivity index (χ0v) is 30.9. The molecule has 3 fully saturated rings. The molecule has 6 atom stereocenters. The molecule has 0 saturated carbocycles. The number of hydrogen-bond acceptors (Lipinski definition) is 13. The minimum Gasteiger partial charge on any atom is -0.456 e. The number of β-lactam (4-membered cyclic amide) rings is 1. The molecular weight excluding hydrogens is 724 g/mol. The van der Waals surface area contributed by atoms with Crippen LogP contribution in [0.1, 0.15) is 37.8 Å². The molecule has 1 N–H and O–H groups in total. The van der Waals surface area contributed by atoms with Gasteiger partial charge in [-0.25, -0.2) is 9.59 Å². The number of carbonyl (C=O) groups is 4. The molecule has 18 heteroatoms. The van der Waals surface area contributed by atoms with Crippen molar-refractivity contribution >= 4 is 47.0 Å². The first-order valence-electron chi connectivity index (χ1n) is 17.7. The quantitative estimate of drug-likeness (QED) is 0.151.